The molecule has 0 fully saturated rings. The van der Waals surface area contributed by atoms with E-state index in [4.69, 9.17) is 5.11 Å². The van der Waals surface area contributed by atoms with Gasteiger partial charge in [0.15, 0.2) is 0 Å². The summed E-state index contributed by atoms with van der Waals surface area (Å²) in [6.07, 6.45) is 1.90. The summed E-state index contributed by atoms with van der Waals surface area (Å²) in [5.41, 5.74) is 0. The van der Waals surface area contributed by atoms with Crippen molar-refractivity contribution < 1.29 is 29.0 Å². The minimum absolute atomic E-state index is 0.261. The van der Waals surface area contributed by atoms with Crippen LogP contribution in [0, 0.1) is 0 Å². The number of esters is 1. The molecule has 0 aromatic heterocycles. The summed E-state index contributed by atoms with van der Waals surface area (Å²) in [6, 6.07) is -0.785. The fraction of sp³-hybridized carbons (Fsp3) is 0.455. The molecule has 0 aliphatic rings. The van der Waals surface area contributed by atoms with Gasteiger partial charge in [-0.3, -0.25) is 14.9 Å². The first-order valence-corrected chi connectivity index (χ1v) is 5.48. The second-order valence-corrected chi connectivity index (χ2v) is 3.46. The molecule has 0 spiro atoms. The molecular formula is C11H16N2O6. The Labute approximate surface area is 110 Å². The number of nitrogens with one attached hydrogen (secondary N) is 1. The Balaban J connectivity index is 4.51. The summed E-state index contributed by atoms with van der Waals surface area (Å²) in [7, 11) is 1.19. The van der Waals surface area contributed by atoms with Gasteiger partial charge < -0.3 is 14.7 Å². The Morgan fingerprint density at radius 2 is 1.89 bits per heavy atom. The van der Waals surface area contributed by atoms with Crippen molar-refractivity contribution in [1.29, 1.82) is 0 Å². The van der Waals surface area contributed by atoms with E-state index in [0.717, 1.165) is 4.90 Å². The first-order valence-electron chi connectivity index (χ1n) is 5.48. The molecule has 0 aromatic rings. The first-order chi connectivity index (χ1) is 8.90. The van der Waals surface area contributed by atoms with Crippen LogP contribution < -0.4 is 5.32 Å². The van der Waals surface area contributed by atoms with Crippen molar-refractivity contribution in [2.75, 3.05) is 20.2 Å². The number of hydrogen-bond donors (Lipinski definition) is 2. The molecule has 0 radical (unpaired) electrons. The van der Waals surface area contributed by atoms with E-state index >= 15 is 0 Å². The molecule has 0 bridgehead atoms. The Hall–Kier alpha value is -2.38. The van der Waals surface area contributed by atoms with Crippen LogP contribution in [0.5, 0.6) is 0 Å². The highest BCUT2D eigenvalue weighted by Crippen LogP contribution is 1.94. The zero-order valence-electron chi connectivity index (χ0n) is 10.7. The van der Waals surface area contributed by atoms with Crippen molar-refractivity contribution in [3.63, 3.8) is 0 Å². The molecule has 0 saturated heterocycles. The number of ether oxygens (including phenoxy) is 1. The summed E-state index contributed by atoms with van der Waals surface area (Å²) in [5, 5.41) is 10.3. The second kappa shape index (κ2) is 8.67. The Kier molecular flexibility index (Phi) is 7.59. The Bertz CT molecular complexity index is 391. The van der Waals surface area contributed by atoms with Gasteiger partial charge in [-0.1, -0.05) is 6.92 Å². The van der Waals surface area contributed by atoms with Crippen molar-refractivity contribution in [3.8, 4) is 0 Å². The second-order valence-electron chi connectivity index (χ2n) is 3.46. The van der Waals surface area contributed by atoms with Gasteiger partial charge in [-0.15, -0.1) is 0 Å². The van der Waals surface area contributed by atoms with Crippen molar-refractivity contribution in [3.05, 3.63) is 12.2 Å². The highest BCUT2D eigenvalue weighted by Gasteiger charge is 2.17. The predicted octanol–water partition coefficient (Wildman–Crippen LogP) is -0.252. The lowest BCUT2D eigenvalue weighted by molar-refractivity contribution is -0.141. The number of carbonyl (C=O) groups excluding carboxylic acids is 3. The molecule has 8 heteroatoms. The number of nitrogens with zero attached hydrogens (tertiary/aromatic N) is 1. The molecule has 0 unspecified atom stereocenters. The van der Waals surface area contributed by atoms with Crippen LogP contribution in [-0.4, -0.2) is 54.1 Å². The highest BCUT2D eigenvalue weighted by molar-refractivity contribution is 6.03. The number of carboxylic acid groups (broad SMARTS) is 1. The van der Waals surface area contributed by atoms with Gasteiger partial charge in [0.1, 0.15) is 6.54 Å². The van der Waals surface area contributed by atoms with Crippen molar-refractivity contribution in [1.82, 2.24) is 10.2 Å². The van der Waals surface area contributed by atoms with Crippen molar-refractivity contribution >= 4 is 23.9 Å². The van der Waals surface area contributed by atoms with E-state index in [0.29, 0.717) is 18.6 Å². The molecule has 0 aliphatic heterocycles. The van der Waals surface area contributed by atoms with E-state index < -0.39 is 23.9 Å². The number of hydrogen-bond acceptors (Lipinski definition) is 5. The number of aliphatic carboxylic acids is 1. The van der Waals surface area contributed by atoms with Crippen molar-refractivity contribution in [2.45, 2.75) is 13.3 Å². The highest BCUT2D eigenvalue weighted by atomic mass is 16.5. The van der Waals surface area contributed by atoms with Crippen LogP contribution in [0.1, 0.15) is 13.3 Å². The van der Waals surface area contributed by atoms with E-state index in [1.54, 1.807) is 6.92 Å². The number of imide groups is 1. The standard InChI is InChI=1S/C11H16N2O6/c1-3-6-13(7-10(17)19-2)11(18)12-8(14)4-5-9(15)16/h4-5H,3,6-7H2,1-2H3,(H,15,16)(H,12,14,18)/b5-4+. The van der Waals surface area contributed by atoms with Gasteiger partial charge in [-0.05, 0) is 6.42 Å². The molecule has 0 rings (SSSR count). The van der Waals surface area contributed by atoms with Crippen LogP contribution in [-0.2, 0) is 19.1 Å². The van der Waals surface area contributed by atoms with Gasteiger partial charge in [0.2, 0.25) is 0 Å². The lowest BCUT2D eigenvalue weighted by Crippen LogP contribution is -2.45. The number of methoxy groups -OCH3 is 1. The van der Waals surface area contributed by atoms with Gasteiger partial charge in [0.25, 0.3) is 5.91 Å². The molecule has 106 valence electrons. The molecule has 19 heavy (non-hydrogen) atoms. The number of rotatable bonds is 6. The molecular weight excluding hydrogens is 256 g/mol. The van der Waals surface area contributed by atoms with E-state index in [9.17, 15) is 19.2 Å². The summed E-state index contributed by atoms with van der Waals surface area (Å²) < 4.78 is 4.42. The SMILES string of the molecule is CCCN(CC(=O)OC)C(=O)NC(=O)/C=C/C(=O)O. The smallest absolute Gasteiger partial charge is 0.328 e. The lowest BCUT2D eigenvalue weighted by atomic mass is 10.4. The predicted molar refractivity (Wildman–Crippen MR) is 64.2 cm³/mol. The summed E-state index contributed by atoms with van der Waals surface area (Å²) in [5.74, 6) is -2.79. The maximum absolute atomic E-state index is 11.6. The molecule has 0 aromatic carbocycles. The third-order valence-corrected chi connectivity index (χ3v) is 1.94. The van der Waals surface area contributed by atoms with E-state index in [2.05, 4.69) is 4.74 Å². The van der Waals surface area contributed by atoms with Crippen LogP contribution in [0.2, 0.25) is 0 Å². The molecule has 2 N–H and O–H groups in total. The van der Waals surface area contributed by atoms with Gasteiger partial charge in [-0.2, -0.15) is 0 Å². The van der Waals surface area contributed by atoms with Gasteiger partial charge in [0, 0.05) is 18.7 Å². The third-order valence-electron chi connectivity index (χ3n) is 1.94. The third kappa shape index (κ3) is 7.53. The average molecular weight is 272 g/mol. The quantitative estimate of drug-likeness (QED) is 0.509. The van der Waals surface area contributed by atoms with E-state index in [1.165, 1.54) is 7.11 Å². The number of carbonyl (C=O) groups is 4. The van der Waals surface area contributed by atoms with Crippen LogP contribution in [0.15, 0.2) is 12.2 Å². The largest absolute Gasteiger partial charge is 0.478 e. The molecule has 0 heterocycles. The molecule has 0 saturated carbocycles. The van der Waals surface area contributed by atoms with Crippen molar-refractivity contribution in [2.24, 2.45) is 0 Å². The summed E-state index contributed by atoms with van der Waals surface area (Å²) >= 11 is 0. The topological polar surface area (TPSA) is 113 Å². The Morgan fingerprint density at radius 1 is 1.26 bits per heavy atom. The Morgan fingerprint density at radius 3 is 2.37 bits per heavy atom. The van der Waals surface area contributed by atoms with Gasteiger partial charge in [-0.25, -0.2) is 9.59 Å². The monoisotopic (exact) mass is 272 g/mol. The first kappa shape index (κ1) is 16.6. The fourth-order valence-electron chi connectivity index (χ4n) is 1.12. The van der Waals surface area contributed by atoms with Gasteiger partial charge >= 0.3 is 18.0 Å². The van der Waals surface area contributed by atoms with E-state index in [1.807, 2.05) is 5.32 Å². The zero-order valence-corrected chi connectivity index (χ0v) is 10.7. The lowest BCUT2D eigenvalue weighted by Gasteiger charge is -2.20. The maximum atomic E-state index is 11.6. The number of carboxylic acids is 1. The summed E-state index contributed by atoms with van der Waals surface area (Å²) in [4.78, 5) is 45.2. The number of urea groups is 1. The maximum Gasteiger partial charge on any atom is 0.328 e. The minimum Gasteiger partial charge on any atom is -0.478 e. The van der Waals surface area contributed by atoms with Crippen LogP contribution >= 0.6 is 0 Å². The molecule has 3 amide bonds. The molecule has 0 aliphatic carbocycles. The van der Waals surface area contributed by atoms with Crippen LogP contribution in [0.4, 0.5) is 4.79 Å². The van der Waals surface area contributed by atoms with Crippen LogP contribution in [0.25, 0.3) is 0 Å². The fourth-order valence-corrected chi connectivity index (χ4v) is 1.12. The zero-order chi connectivity index (χ0) is 14.8. The minimum atomic E-state index is -1.30. The summed E-state index contributed by atoms with van der Waals surface area (Å²) in [6.45, 7) is 1.77. The average Bonchev–Trinajstić information content (AvgIpc) is 2.35. The molecule has 0 atom stereocenters. The van der Waals surface area contributed by atoms with Gasteiger partial charge in [0.05, 0.1) is 7.11 Å². The van der Waals surface area contributed by atoms with Crippen LogP contribution in [0.3, 0.4) is 0 Å². The normalized spacial score (nSPS) is 10.0. The number of amides is 3. The van der Waals surface area contributed by atoms with E-state index in [-0.39, 0.29) is 13.1 Å². The molecule has 8 nitrogen and oxygen atoms in total.